The SMILES string of the molecule is COCc1ccccc1NC(=O)C=Cc1cn(Cc2ccccc2)nc1-c1cccnc1. The number of hydrogen-bond donors (Lipinski definition) is 1. The van der Waals surface area contributed by atoms with E-state index in [-0.39, 0.29) is 5.91 Å². The average molecular weight is 425 g/mol. The summed E-state index contributed by atoms with van der Waals surface area (Å²) in [5.74, 6) is -0.221. The molecule has 1 amide bonds. The Labute approximate surface area is 187 Å². The smallest absolute Gasteiger partial charge is 0.248 e. The number of pyridine rings is 1. The van der Waals surface area contributed by atoms with Crippen LogP contribution in [0.1, 0.15) is 16.7 Å². The lowest BCUT2D eigenvalue weighted by atomic mass is 10.1. The number of anilines is 1. The van der Waals surface area contributed by atoms with Crippen molar-refractivity contribution in [3.63, 3.8) is 0 Å². The molecule has 1 N–H and O–H groups in total. The van der Waals surface area contributed by atoms with Crippen LogP contribution in [-0.4, -0.2) is 27.8 Å². The van der Waals surface area contributed by atoms with Gasteiger partial charge in [-0.05, 0) is 29.8 Å². The molecular formula is C26H24N4O2. The van der Waals surface area contributed by atoms with Gasteiger partial charge in [0.25, 0.3) is 0 Å². The summed E-state index contributed by atoms with van der Waals surface area (Å²) in [5, 5.41) is 7.68. The molecule has 0 fully saturated rings. The van der Waals surface area contributed by atoms with Crippen LogP contribution in [0.2, 0.25) is 0 Å². The first-order valence-electron chi connectivity index (χ1n) is 10.3. The minimum Gasteiger partial charge on any atom is -0.380 e. The third kappa shape index (κ3) is 5.36. The third-order valence-corrected chi connectivity index (χ3v) is 4.90. The highest BCUT2D eigenvalue weighted by molar-refractivity contribution is 6.02. The summed E-state index contributed by atoms with van der Waals surface area (Å²) in [6, 6.07) is 21.5. The van der Waals surface area contributed by atoms with Gasteiger partial charge in [-0.25, -0.2) is 0 Å². The van der Waals surface area contributed by atoms with Crippen molar-refractivity contribution < 1.29 is 9.53 Å². The van der Waals surface area contributed by atoms with Crippen molar-refractivity contribution in [3.05, 3.63) is 108 Å². The van der Waals surface area contributed by atoms with E-state index in [1.54, 1.807) is 25.6 Å². The second kappa shape index (κ2) is 10.3. The van der Waals surface area contributed by atoms with E-state index in [1.165, 1.54) is 6.08 Å². The second-order valence-corrected chi connectivity index (χ2v) is 7.27. The van der Waals surface area contributed by atoms with Crippen molar-refractivity contribution in [3.8, 4) is 11.3 Å². The molecule has 2 aromatic heterocycles. The van der Waals surface area contributed by atoms with Crippen molar-refractivity contribution in [1.29, 1.82) is 0 Å². The Morgan fingerprint density at radius 1 is 1.06 bits per heavy atom. The summed E-state index contributed by atoms with van der Waals surface area (Å²) in [6.07, 6.45) is 8.74. The first-order chi connectivity index (χ1) is 15.7. The van der Waals surface area contributed by atoms with Crippen molar-refractivity contribution in [2.24, 2.45) is 0 Å². The highest BCUT2D eigenvalue weighted by Gasteiger charge is 2.11. The van der Waals surface area contributed by atoms with Crippen LogP contribution in [0.5, 0.6) is 0 Å². The lowest BCUT2D eigenvalue weighted by Gasteiger charge is -2.08. The number of nitrogens with zero attached hydrogens (tertiary/aromatic N) is 3. The molecule has 0 saturated carbocycles. The lowest BCUT2D eigenvalue weighted by Crippen LogP contribution is -2.10. The molecule has 0 atom stereocenters. The molecule has 0 radical (unpaired) electrons. The quantitative estimate of drug-likeness (QED) is 0.413. The van der Waals surface area contributed by atoms with Crippen LogP contribution in [0.3, 0.4) is 0 Å². The van der Waals surface area contributed by atoms with Gasteiger partial charge in [0.1, 0.15) is 5.69 Å². The van der Waals surface area contributed by atoms with Crippen LogP contribution >= 0.6 is 0 Å². The fourth-order valence-electron chi connectivity index (χ4n) is 3.40. The average Bonchev–Trinajstić information content (AvgIpc) is 3.23. The highest BCUT2D eigenvalue weighted by Crippen LogP contribution is 2.23. The number of hydrogen-bond acceptors (Lipinski definition) is 4. The second-order valence-electron chi connectivity index (χ2n) is 7.27. The Bertz CT molecular complexity index is 1200. The van der Waals surface area contributed by atoms with Gasteiger partial charge in [0.15, 0.2) is 0 Å². The number of carbonyl (C=O) groups is 1. The van der Waals surface area contributed by atoms with Gasteiger partial charge in [-0.2, -0.15) is 5.10 Å². The van der Waals surface area contributed by atoms with Gasteiger partial charge in [-0.3, -0.25) is 14.5 Å². The summed E-state index contributed by atoms with van der Waals surface area (Å²) in [4.78, 5) is 16.8. The summed E-state index contributed by atoms with van der Waals surface area (Å²) < 4.78 is 7.09. The molecule has 4 rings (SSSR count). The number of carbonyl (C=O) groups excluding carboxylic acids is 1. The first kappa shape index (κ1) is 21.2. The van der Waals surface area contributed by atoms with Gasteiger partial charge in [0, 0.05) is 54.2 Å². The Morgan fingerprint density at radius 2 is 1.88 bits per heavy atom. The molecular weight excluding hydrogens is 400 g/mol. The normalized spacial score (nSPS) is 11.0. The van der Waals surface area contributed by atoms with E-state index in [1.807, 2.05) is 65.5 Å². The standard InChI is InChI=1S/C26H24N4O2/c1-32-19-23-10-5-6-12-24(23)28-25(31)14-13-22-18-30(17-20-8-3-2-4-9-20)29-26(22)21-11-7-15-27-16-21/h2-16,18H,17,19H2,1H3,(H,28,31). The Hall–Kier alpha value is -4.03. The van der Waals surface area contributed by atoms with Crippen LogP contribution in [0, 0.1) is 0 Å². The van der Waals surface area contributed by atoms with E-state index >= 15 is 0 Å². The lowest BCUT2D eigenvalue weighted by molar-refractivity contribution is -0.111. The van der Waals surface area contributed by atoms with Crippen LogP contribution in [0.4, 0.5) is 5.69 Å². The molecule has 0 aliphatic heterocycles. The molecule has 2 aromatic carbocycles. The van der Waals surface area contributed by atoms with Gasteiger partial charge in [0.2, 0.25) is 5.91 Å². The molecule has 160 valence electrons. The highest BCUT2D eigenvalue weighted by atomic mass is 16.5. The van der Waals surface area contributed by atoms with E-state index < -0.39 is 0 Å². The molecule has 4 aromatic rings. The van der Waals surface area contributed by atoms with Crippen molar-refractivity contribution in [1.82, 2.24) is 14.8 Å². The van der Waals surface area contributed by atoms with Gasteiger partial charge in [-0.15, -0.1) is 0 Å². The Morgan fingerprint density at radius 3 is 2.66 bits per heavy atom. The number of para-hydroxylation sites is 1. The number of nitrogens with one attached hydrogen (secondary N) is 1. The maximum Gasteiger partial charge on any atom is 0.248 e. The maximum absolute atomic E-state index is 12.6. The largest absolute Gasteiger partial charge is 0.380 e. The number of ether oxygens (including phenoxy) is 1. The number of aromatic nitrogens is 3. The summed E-state index contributed by atoms with van der Waals surface area (Å²) >= 11 is 0. The van der Waals surface area contributed by atoms with Gasteiger partial charge >= 0.3 is 0 Å². The molecule has 32 heavy (non-hydrogen) atoms. The molecule has 0 saturated heterocycles. The minimum absolute atomic E-state index is 0.221. The van der Waals surface area contributed by atoms with Crippen molar-refractivity contribution >= 4 is 17.7 Å². The minimum atomic E-state index is -0.221. The van der Waals surface area contributed by atoms with Crippen molar-refractivity contribution in [2.45, 2.75) is 13.2 Å². The summed E-state index contributed by atoms with van der Waals surface area (Å²) in [7, 11) is 1.63. The van der Waals surface area contributed by atoms with Crippen LogP contribution in [-0.2, 0) is 22.7 Å². The number of methoxy groups -OCH3 is 1. The molecule has 6 heteroatoms. The third-order valence-electron chi connectivity index (χ3n) is 4.90. The van der Waals surface area contributed by atoms with Gasteiger partial charge in [-0.1, -0.05) is 48.5 Å². The van der Waals surface area contributed by atoms with Crippen molar-refractivity contribution in [2.75, 3.05) is 12.4 Å². The first-order valence-corrected chi connectivity index (χ1v) is 10.3. The van der Waals surface area contributed by atoms with Crippen LogP contribution in [0.15, 0.2) is 91.4 Å². The fraction of sp³-hybridized carbons (Fsp3) is 0.115. The predicted octanol–water partition coefficient (Wildman–Crippen LogP) is 4.79. The molecule has 0 aliphatic carbocycles. The van der Waals surface area contributed by atoms with Crippen LogP contribution < -0.4 is 5.32 Å². The molecule has 0 bridgehead atoms. The zero-order chi connectivity index (χ0) is 22.2. The van der Waals surface area contributed by atoms with E-state index in [2.05, 4.69) is 22.4 Å². The van der Waals surface area contributed by atoms with E-state index in [0.29, 0.717) is 13.2 Å². The molecule has 0 unspecified atom stereocenters. The van der Waals surface area contributed by atoms with E-state index in [4.69, 9.17) is 9.84 Å². The fourth-order valence-corrected chi connectivity index (χ4v) is 3.40. The number of benzene rings is 2. The zero-order valence-corrected chi connectivity index (χ0v) is 17.8. The predicted molar refractivity (Wildman–Crippen MR) is 126 cm³/mol. The molecule has 0 spiro atoms. The molecule has 2 heterocycles. The van der Waals surface area contributed by atoms with Gasteiger partial charge in [0.05, 0.1) is 13.2 Å². The zero-order valence-electron chi connectivity index (χ0n) is 17.8. The van der Waals surface area contributed by atoms with E-state index in [9.17, 15) is 4.79 Å². The topological polar surface area (TPSA) is 69.0 Å². The van der Waals surface area contributed by atoms with Gasteiger partial charge < -0.3 is 10.1 Å². The summed E-state index contributed by atoms with van der Waals surface area (Å²) in [6.45, 7) is 1.07. The number of rotatable bonds is 8. The van der Waals surface area contributed by atoms with E-state index in [0.717, 1.165) is 33.6 Å². The number of amides is 1. The monoisotopic (exact) mass is 424 g/mol. The maximum atomic E-state index is 12.6. The Kier molecular flexibility index (Phi) is 6.84. The summed E-state index contributed by atoms with van der Waals surface area (Å²) in [5.41, 5.74) is 5.31. The van der Waals surface area contributed by atoms with Crippen LogP contribution in [0.25, 0.3) is 17.3 Å². The molecule has 6 nitrogen and oxygen atoms in total. The Balaban J connectivity index is 1.58. The molecule has 0 aliphatic rings.